The third-order valence-electron chi connectivity index (χ3n) is 7.64. The van der Waals surface area contributed by atoms with Gasteiger partial charge in [0.1, 0.15) is 11.9 Å². The molecule has 7 nitrogen and oxygen atoms in total. The monoisotopic (exact) mass is 530 g/mol. The summed E-state index contributed by atoms with van der Waals surface area (Å²) in [5, 5.41) is 16.2. The molecule has 2 aromatic rings. The lowest BCUT2D eigenvalue weighted by Crippen LogP contribution is -2.51. The number of nitrogens with one attached hydrogen (secondary N) is 2. The molecule has 3 N–H and O–H groups in total. The van der Waals surface area contributed by atoms with E-state index in [0.29, 0.717) is 35.4 Å². The highest BCUT2D eigenvalue weighted by Crippen LogP contribution is 2.23. The van der Waals surface area contributed by atoms with Crippen molar-refractivity contribution in [2.75, 3.05) is 6.54 Å². The van der Waals surface area contributed by atoms with Crippen LogP contribution in [0.3, 0.4) is 0 Å². The van der Waals surface area contributed by atoms with Crippen LogP contribution in [0.15, 0.2) is 24.3 Å². The number of carbonyl (C=O) groups is 2. The SMILES string of the molecule is CCCCc1nc(Cl)c(CO)n1Cc1ccc(C(=O)N[C@H](C(=O)NCC2CCCCC2)[C@@H](C)CC)cc1. The van der Waals surface area contributed by atoms with Crippen LogP contribution in [0.25, 0.3) is 0 Å². The smallest absolute Gasteiger partial charge is 0.251 e. The van der Waals surface area contributed by atoms with E-state index in [4.69, 9.17) is 11.6 Å². The Hall–Kier alpha value is -2.38. The number of aliphatic hydroxyl groups excluding tert-OH is 1. The molecular weight excluding hydrogens is 488 g/mol. The van der Waals surface area contributed by atoms with Gasteiger partial charge >= 0.3 is 0 Å². The maximum Gasteiger partial charge on any atom is 0.251 e. The van der Waals surface area contributed by atoms with Crippen molar-refractivity contribution in [2.24, 2.45) is 11.8 Å². The van der Waals surface area contributed by atoms with Gasteiger partial charge in [0.05, 0.1) is 12.3 Å². The van der Waals surface area contributed by atoms with Crippen molar-refractivity contribution in [3.8, 4) is 0 Å². The fraction of sp³-hybridized carbons (Fsp3) is 0.621. The van der Waals surface area contributed by atoms with Crippen molar-refractivity contribution in [1.29, 1.82) is 0 Å². The number of nitrogens with zero attached hydrogens (tertiary/aromatic N) is 2. The Labute approximate surface area is 226 Å². The zero-order valence-electron chi connectivity index (χ0n) is 22.6. The highest BCUT2D eigenvalue weighted by molar-refractivity contribution is 6.30. The number of hydrogen-bond donors (Lipinski definition) is 3. The Morgan fingerprint density at radius 2 is 1.86 bits per heavy atom. The third-order valence-corrected chi connectivity index (χ3v) is 7.94. The van der Waals surface area contributed by atoms with Crippen molar-refractivity contribution in [3.05, 3.63) is 52.1 Å². The molecule has 8 heteroatoms. The second-order valence-corrected chi connectivity index (χ2v) is 10.8. The Morgan fingerprint density at radius 3 is 2.49 bits per heavy atom. The number of halogens is 1. The van der Waals surface area contributed by atoms with Crippen LogP contribution < -0.4 is 10.6 Å². The predicted molar refractivity (Wildman–Crippen MR) is 148 cm³/mol. The summed E-state index contributed by atoms with van der Waals surface area (Å²) in [5.74, 6) is 1.07. The summed E-state index contributed by atoms with van der Waals surface area (Å²) in [4.78, 5) is 30.5. The van der Waals surface area contributed by atoms with E-state index in [1.54, 1.807) is 12.1 Å². The van der Waals surface area contributed by atoms with Gasteiger partial charge in [-0.25, -0.2) is 4.98 Å². The standard InChI is InChI=1S/C29H43ClN4O3/c1-4-6-12-25-32-27(30)24(19-35)34(25)18-22-13-15-23(16-14-22)28(36)33-26(20(3)5-2)29(37)31-17-21-10-8-7-9-11-21/h13-16,20-21,26,35H,4-12,17-19H2,1-3H3,(H,31,37)(H,33,36)/t20-,26-/m0/s1. The van der Waals surface area contributed by atoms with Gasteiger partial charge in [-0.1, -0.05) is 76.6 Å². The first-order valence-corrected chi connectivity index (χ1v) is 14.3. The Bertz CT molecular complexity index is 1010. The first-order chi connectivity index (χ1) is 17.9. The second-order valence-electron chi connectivity index (χ2n) is 10.4. The summed E-state index contributed by atoms with van der Waals surface area (Å²) < 4.78 is 1.96. The number of hydrogen-bond acceptors (Lipinski definition) is 4. The van der Waals surface area contributed by atoms with Crippen molar-refractivity contribution in [1.82, 2.24) is 20.2 Å². The Morgan fingerprint density at radius 1 is 1.16 bits per heavy atom. The number of aromatic nitrogens is 2. The lowest BCUT2D eigenvalue weighted by atomic mass is 9.89. The number of rotatable bonds is 13. The molecule has 0 bridgehead atoms. The molecule has 1 fully saturated rings. The van der Waals surface area contributed by atoms with Crippen LogP contribution in [-0.4, -0.2) is 39.1 Å². The topological polar surface area (TPSA) is 96.2 Å². The minimum atomic E-state index is -0.568. The van der Waals surface area contributed by atoms with E-state index in [-0.39, 0.29) is 24.3 Å². The molecular formula is C29H43ClN4O3. The van der Waals surface area contributed by atoms with Crippen LogP contribution in [0.2, 0.25) is 5.15 Å². The second kappa shape index (κ2) is 14.5. The average molecular weight is 531 g/mol. The summed E-state index contributed by atoms with van der Waals surface area (Å²) in [6, 6.07) is 6.79. The van der Waals surface area contributed by atoms with Crippen LogP contribution in [0.5, 0.6) is 0 Å². The molecule has 1 heterocycles. The quantitative estimate of drug-likeness (QED) is 0.329. The summed E-state index contributed by atoms with van der Waals surface area (Å²) in [6.07, 6.45) is 9.69. The molecule has 2 amide bonds. The fourth-order valence-electron chi connectivity index (χ4n) is 4.99. The number of carbonyl (C=O) groups excluding carboxylic acids is 2. The van der Waals surface area contributed by atoms with Crippen LogP contribution in [0, 0.1) is 11.8 Å². The average Bonchev–Trinajstić information content (AvgIpc) is 3.22. The molecule has 204 valence electrons. The normalized spacial score (nSPS) is 15.8. The summed E-state index contributed by atoms with van der Waals surface area (Å²) >= 11 is 6.26. The van der Waals surface area contributed by atoms with E-state index in [2.05, 4.69) is 22.5 Å². The molecule has 1 aliphatic carbocycles. The molecule has 1 aromatic heterocycles. The molecule has 2 atom stereocenters. The lowest BCUT2D eigenvalue weighted by Gasteiger charge is -2.26. The molecule has 1 aliphatic rings. The minimum Gasteiger partial charge on any atom is -0.390 e. The van der Waals surface area contributed by atoms with Gasteiger partial charge < -0.3 is 20.3 Å². The van der Waals surface area contributed by atoms with E-state index in [9.17, 15) is 14.7 Å². The van der Waals surface area contributed by atoms with Gasteiger partial charge in [0.25, 0.3) is 5.91 Å². The first kappa shape index (κ1) is 29.2. The van der Waals surface area contributed by atoms with Crippen LogP contribution in [-0.2, 0) is 24.4 Å². The summed E-state index contributed by atoms with van der Waals surface area (Å²) in [6.45, 7) is 7.17. The molecule has 1 saturated carbocycles. The summed E-state index contributed by atoms with van der Waals surface area (Å²) in [7, 11) is 0. The Kier molecular flexibility index (Phi) is 11.5. The molecule has 1 aromatic carbocycles. The van der Waals surface area contributed by atoms with Gasteiger partial charge in [0.2, 0.25) is 5.91 Å². The van der Waals surface area contributed by atoms with E-state index < -0.39 is 6.04 Å². The van der Waals surface area contributed by atoms with Gasteiger partial charge in [0.15, 0.2) is 5.15 Å². The third kappa shape index (κ3) is 8.05. The van der Waals surface area contributed by atoms with Crippen molar-refractivity contribution in [3.63, 3.8) is 0 Å². The number of aryl methyl sites for hydroxylation is 1. The molecule has 0 spiro atoms. The highest BCUT2D eigenvalue weighted by atomic mass is 35.5. The highest BCUT2D eigenvalue weighted by Gasteiger charge is 2.27. The Balaban J connectivity index is 1.65. The molecule has 0 radical (unpaired) electrons. The molecule has 37 heavy (non-hydrogen) atoms. The predicted octanol–water partition coefficient (Wildman–Crippen LogP) is 5.26. The number of unbranched alkanes of at least 4 members (excludes halogenated alkanes) is 1. The fourth-order valence-corrected chi connectivity index (χ4v) is 5.24. The molecule has 0 unspecified atom stereocenters. The van der Waals surface area contributed by atoms with Gasteiger partial charge in [-0.05, 0) is 48.8 Å². The van der Waals surface area contributed by atoms with Gasteiger partial charge in [-0.3, -0.25) is 9.59 Å². The van der Waals surface area contributed by atoms with E-state index in [1.165, 1.54) is 19.3 Å². The molecule has 0 saturated heterocycles. The van der Waals surface area contributed by atoms with Gasteiger partial charge in [-0.2, -0.15) is 0 Å². The maximum absolute atomic E-state index is 13.1. The molecule has 0 aliphatic heterocycles. The molecule has 3 rings (SSSR count). The zero-order valence-corrected chi connectivity index (χ0v) is 23.3. The van der Waals surface area contributed by atoms with Crippen molar-refractivity contribution < 1.29 is 14.7 Å². The van der Waals surface area contributed by atoms with Crippen molar-refractivity contribution >= 4 is 23.4 Å². The minimum absolute atomic E-state index is 0.0269. The van der Waals surface area contributed by atoms with E-state index >= 15 is 0 Å². The largest absolute Gasteiger partial charge is 0.390 e. The maximum atomic E-state index is 13.1. The van der Waals surface area contributed by atoms with E-state index in [0.717, 1.165) is 49.9 Å². The number of amides is 2. The lowest BCUT2D eigenvalue weighted by molar-refractivity contribution is -0.124. The number of imidazole rings is 1. The number of aliphatic hydroxyl groups is 1. The first-order valence-electron chi connectivity index (χ1n) is 13.9. The zero-order chi connectivity index (χ0) is 26.8. The van der Waals surface area contributed by atoms with Crippen LogP contribution in [0.1, 0.15) is 99.6 Å². The van der Waals surface area contributed by atoms with Gasteiger partial charge in [0, 0.05) is 25.1 Å². The van der Waals surface area contributed by atoms with Gasteiger partial charge in [-0.15, -0.1) is 0 Å². The van der Waals surface area contributed by atoms with Crippen molar-refractivity contribution in [2.45, 2.75) is 97.8 Å². The summed E-state index contributed by atoms with van der Waals surface area (Å²) in [5.41, 5.74) is 2.08. The van der Waals surface area contributed by atoms with E-state index in [1.807, 2.05) is 30.5 Å². The van der Waals surface area contributed by atoms with Crippen LogP contribution >= 0.6 is 11.6 Å². The van der Waals surface area contributed by atoms with Crippen LogP contribution in [0.4, 0.5) is 0 Å². The number of benzene rings is 1.